The van der Waals surface area contributed by atoms with Crippen molar-refractivity contribution in [3.05, 3.63) is 59.7 Å². The Kier molecular flexibility index (Phi) is 6.40. The molecule has 0 aromatic heterocycles. The Hall–Kier alpha value is -2.17. The number of carbonyl (C=O) groups is 1. The van der Waals surface area contributed by atoms with E-state index in [0.717, 1.165) is 31.7 Å². The van der Waals surface area contributed by atoms with Gasteiger partial charge < -0.3 is 10.1 Å². The number of piperidine rings is 1. The zero-order valence-corrected chi connectivity index (χ0v) is 16.5. The molecule has 4 rings (SSSR count). The highest BCUT2D eigenvalue weighted by Crippen LogP contribution is 2.22. The summed E-state index contributed by atoms with van der Waals surface area (Å²) in [7, 11) is 0. The molecule has 28 heavy (non-hydrogen) atoms. The van der Waals surface area contributed by atoms with Crippen LogP contribution in [0.15, 0.2) is 48.5 Å². The average molecular weight is 379 g/mol. The monoisotopic (exact) mass is 378 g/mol. The lowest BCUT2D eigenvalue weighted by molar-refractivity contribution is 0.0945. The fraction of sp³-hybridized carbons (Fsp3) is 0.458. The first-order valence-electron chi connectivity index (χ1n) is 10.6. The van der Waals surface area contributed by atoms with E-state index < -0.39 is 0 Å². The van der Waals surface area contributed by atoms with Gasteiger partial charge in [0.1, 0.15) is 0 Å². The number of nitrogens with zero attached hydrogens (tertiary/aromatic N) is 1. The van der Waals surface area contributed by atoms with Crippen LogP contribution in [-0.4, -0.2) is 43.7 Å². The first-order chi connectivity index (χ1) is 13.8. The number of hydrogen-bond donors (Lipinski definition) is 1. The standard InChI is InChI=1S/C24H30N2O2/c27-24(25-16-20-12-15-28-18-20)23-10-8-22(9-11-23)21-6-4-19(5-7-21)17-26-13-2-1-3-14-26/h4-11,20H,1-3,12-18H2,(H,25,27)/t20-/m1/s1. The lowest BCUT2D eigenvalue weighted by atomic mass is 10.0. The van der Waals surface area contributed by atoms with Gasteiger partial charge in [-0.2, -0.15) is 0 Å². The van der Waals surface area contributed by atoms with Crippen molar-refractivity contribution in [1.29, 1.82) is 0 Å². The van der Waals surface area contributed by atoms with Crippen LogP contribution in [0.1, 0.15) is 41.6 Å². The van der Waals surface area contributed by atoms with Crippen molar-refractivity contribution in [2.75, 3.05) is 32.8 Å². The quantitative estimate of drug-likeness (QED) is 0.823. The summed E-state index contributed by atoms with van der Waals surface area (Å²) in [4.78, 5) is 14.9. The number of carbonyl (C=O) groups excluding carboxylic acids is 1. The number of benzene rings is 2. The van der Waals surface area contributed by atoms with Crippen LogP contribution in [-0.2, 0) is 11.3 Å². The highest BCUT2D eigenvalue weighted by atomic mass is 16.5. The van der Waals surface area contributed by atoms with Crippen molar-refractivity contribution in [3.8, 4) is 11.1 Å². The van der Waals surface area contributed by atoms with Gasteiger partial charge in [-0.05, 0) is 61.2 Å². The highest BCUT2D eigenvalue weighted by Gasteiger charge is 2.17. The largest absolute Gasteiger partial charge is 0.381 e. The van der Waals surface area contributed by atoms with Gasteiger partial charge >= 0.3 is 0 Å². The molecule has 2 aromatic rings. The van der Waals surface area contributed by atoms with Crippen molar-refractivity contribution >= 4 is 5.91 Å². The van der Waals surface area contributed by atoms with Gasteiger partial charge in [-0.15, -0.1) is 0 Å². The molecule has 4 heteroatoms. The zero-order valence-electron chi connectivity index (χ0n) is 16.5. The number of ether oxygens (including phenoxy) is 1. The normalized spacial score (nSPS) is 20.2. The van der Waals surface area contributed by atoms with Gasteiger partial charge in [-0.1, -0.05) is 42.8 Å². The summed E-state index contributed by atoms with van der Waals surface area (Å²) >= 11 is 0. The molecular formula is C24H30N2O2. The Balaban J connectivity index is 1.33. The first-order valence-corrected chi connectivity index (χ1v) is 10.6. The van der Waals surface area contributed by atoms with Gasteiger partial charge in [0.15, 0.2) is 0 Å². The topological polar surface area (TPSA) is 41.6 Å². The minimum Gasteiger partial charge on any atom is -0.381 e. The van der Waals surface area contributed by atoms with Crippen LogP contribution in [0.5, 0.6) is 0 Å². The van der Waals surface area contributed by atoms with E-state index in [0.29, 0.717) is 18.0 Å². The maximum absolute atomic E-state index is 12.3. The van der Waals surface area contributed by atoms with Gasteiger partial charge in [0.25, 0.3) is 5.91 Å². The van der Waals surface area contributed by atoms with E-state index in [9.17, 15) is 4.79 Å². The number of likely N-dealkylation sites (tertiary alicyclic amines) is 1. The molecule has 1 amide bonds. The summed E-state index contributed by atoms with van der Waals surface area (Å²) in [6, 6.07) is 16.7. The summed E-state index contributed by atoms with van der Waals surface area (Å²) in [6.07, 6.45) is 5.06. The van der Waals surface area contributed by atoms with Crippen molar-refractivity contribution in [2.24, 2.45) is 5.92 Å². The van der Waals surface area contributed by atoms with E-state index >= 15 is 0 Å². The number of rotatable bonds is 6. The van der Waals surface area contributed by atoms with E-state index in [1.807, 2.05) is 24.3 Å². The van der Waals surface area contributed by atoms with Crippen LogP contribution >= 0.6 is 0 Å². The van der Waals surface area contributed by atoms with E-state index in [1.165, 1.54) is 43.5 Å². The average Bonchev–Trinajstić information content (AvgIpc) is 3.27. The molecule has 0 aliphatic carbocycles. The molecule has 0 unspecified atom stereocenters. The van der Waals surface area contributed by atoms with Gasteiger partial charge in [-0.3, -0.25) is 9.69 Å². The van der Waals surface area contributed by atoms with Crippen molar-refractivity contribution in [3.63, 3.8) is 0 Å². The van der Waals surface area contributed by atoms with Gasteiger partial charge in [-0.25, -0.2) is 0 Å². The summed E-state index contributed by atoms with van der Waals surface area (Å²) in [5.41, 5.74) is 4.42. The van der Waals surface area contributed by atoms with Crippen LogP contribution in [0.2, 0.25) is 0 Å². The maximum Gasteiger partial charge on any atom is 0.251 e. The predicted molar refractivity (Wildman–Crippen MR) is 112 cm³/mol. The molecular weight excluding hydrogens is 348 g/mol. The second kappa shape index (κ2) is 9.35. The molecule has 1 N–H and O–H groups in total. The lowest BCUT2D eigenvalue weighted by Crippen LogP contribution is -2.29. The van der Waals surface area contributed by atoms with E-state index in [1.54, 1.807) is 0 Å². The van der Waals surface area contributed by atoms with Gasteiger partial charge in [0.2, 0.25) is 0 Å². The number of amides is 1. The summed E-state index contributed by atoms with van der Waals surface area (Å²) in [6.45, 7) is 5.75. The van der Waals surface area contributed by atoms with Gasteiger partial charge in [0.05, 0.1) is 6.61 Å². The van der Waals surface area contributed by atoms with E-state index in [4.69, 9.17) is 4.74 Å². The maximum atomic E-state index is 12.3. The molecule has 0 radical (unpaired) electrons. The molecule has 0 bridgehead atoms. The third-order valence-corrected chi connectivity index (χ3v) is 5.86. The Labute approximate surface area is 167 Å². The second-order valence-electron chi connectivity index (χ2n) is 8.05. The van der Waals surface area contributed by atoms with Crippen molar-refractivity contribution in [2.45, 2.75) is 32.2 Å². The van der Waals surface area contributed by atoms with Crippen LogP contribution in [0.3, 0.4) is 0 Å². The minimum atomic E-state index is -0.00432. The predicted octanol–water partition coefficient (Wildman–Crippen LogP) is 4.11. The SMILES string of the molecule is O=C(NC[C@H]1CCOC1)c1ccc(-c2ccc(CN3CCCCC3)cc2)cc1. The van der Waals surface area contributed by atoms with Crippen LogP contribution in [0, 0.1) is 5.92 Å². The molecule has 2 heterocycles. The van der Waals surface area contributed by atoms with Crippen molar-refractivity contribution in [1.82, 2.24) is 10.2 Å². The Morgan fingerprint density at radius 1 is 0.964 bits per heavy atom. The third kappa shape index (κ3) is 5.00. The van der Waals surface area contributed by atoms with E-state index in [-0.39, 0.29) is 5.91 Å². The molecule has 148 valence electrons. The summed E-state index contributed by atoms with van der Waals surface area (Å²) < 4.78 is 5.36. The Morgan fingerprint density at radius 3 is 2.29 bits per heavy atom. The molecule has 2 saturated heterocycles. The zero-order chi connectivity index (χ0) is 19.2. The van der Waals surface area contributed by atoms with Gasteiger partial charge in [0, 0.05) is 31.2 Å². The lowest BCUT2D eigenvalue weighted by Gasteiger charge is -2.26. The highest BCUT2D eigenvalue weighted by molar-refractivity contribution is 5.94. The number of hydrogen-bond acceptors (Lipinski definition) is 3. The molecule has 0 spiro atoms. The molecule has 4 nitrogen and oxygen atoms in total. The summed E-state index contributed by atoms with van der Waals surface area (Å²) in [5.74, 6) is 0.446. The molecule has 2 fully saturated rings. The fourth-order valence-electron chi connectivity index (χ4n) is 4.08. The number of nitrogens with one attached hydrogen (secondary N) is 1. The Morgan fingerprint density at radius 2 is 1.64 bits per heavy atom. The minimum absolute atomic E-state index is 0.00432. The Bertz CT molecular complexity index is 758. The second-order valence-corrected chi connectivity index (χ2v) is 8.05. The van der Waals surface area contributed by atoms with E-state index in [2.05, 4.69) is 34.5 Å². The molecule has 1 atom stereocenters. The molecule has 2 aliphatic rings. The molecule has 2 aromatic carbocycles. The fourth-order valence-corrected chi connectivity index (χ4v) is 4.08. The molecule has 0 saturated carbocycles. The molecule has 2 aliphatic heterocycles. The third-order valence-electron chi connectivity index (χ3n) is 5.86. The first kappa shape index (κ1) is 19.2. The van der Waals surface area contributed by atoms with Crippen LogP contribution in [0.25, 0.3) is 11.1 Å². The van der Waals surface area contributed by atoms with Crippen LogP contribution < -0.4 is 5.32 Å². The smallest absolute Gasteiger partial charge is 0.251 e. The van der Waals surface area contributed by atoms with Crippen molar-refractivity contribution < 1.29 is 9.53 Å². The summed E-state index contributed by atoms with van der Waals surface area (Å²) in [5, 5.41) is 3.02. The van der Waals surface area contributed by atoms with Crippen LogP contribution in [0.4, 0.5) is 0 Å².